The molecule has 26 heavy (non-hydrogen) atoms. The Labute approximate surface area is 155 Å². The molecule has 3 aromatic heterocycles. The molecule has 0 aliphatic heterocycles. The lowest BCUT2D eigenvalue weighted by Gasteiger charge is -2.05. The van der Waals surface area contributed by atoms with Gasteiger partial charge in [-0.05, 0) is 36.5 Å². The molecule has 0 aliphatic carbocycles. The molecular formula is C17H12N4O3S2. The molecule has 9 heteroatoms. The first-order valence-corrected chi connectivity index (χ1v) is 8.87. The van der Waals surface area contributed by atoms with E-state index < -0.39 is 0 Å². The van der Waals surface area contributed by atoms with Gasteiger partial charge in [-0.1, -0.05) is 23.5 Å². The zero-order chi connectivity index (χ0) is 18.1. The number of amides is 1. The minimum Gasteiger partial charge on any atom is -0.378 e. The average Bonchev–Trinajstić information content (AvgIpc) is 3.24. The number of nitrogens with zero attached hydrogens (tertiary/aromatic N) is 1. The van der Waals surface area contributed by atoms with Gasteiger partial charge in [-0.25, -0.2) is 4.98 Å². The highest BCUT2D eigenvalue weighted by Crippen LogP contribution is 2.18. The molecule has 0 saturated carbocycles. The third-order valence-electron chi connectivity index (χ3n) is 3.73. The van der Waals surface area contributed by atoms with Gasteiger partial charge in [0.25, 0.3) is 11.5 Å². The Hall–Kier alpha value is -3.04. The fourth-order valence-electron chi connectivity index (χ4n) is 2.46. The maximum absolute atomic E-state index is 12.3. The zero-order valence-electron chi connectivity index (χ0n) is 13.2. The zero-order valence-corrected chi connectivity index (χ0v) is 14.9. The minimum absolute atomic E-state index is 0.212. The van der Waals surface area contributed by atoms with Crippen LogP contribution in [-0.4, -0.2) is 21.0 Å². The molecule has 0 bridgehead atoms. The summed E-state index contributed by atoms with van der Waals surface area (Å²) in [7, 11) is 0. The highest BCUT2D eigenvalue weighted by molar-refractivity contribution is 7.73. The van der Waals surface area contributed by atoms with Crippen LogP contribution < -0.4 is 10.9 Å². The lowest BCUT2D eigenvalue weighted by atomic mass is 10.1. The molecule has 0 radical (unpaired) electrons. The van der Waals surface area contributed by atoms with E-state index in [0.717, 1.165) is 16.0 Å². The summed E-state index contributed by atoms with van der Waals surface area (Å²) in [6, 6.07) is 11.9. The third-order valence-corrected chi connectivity index (χ3v) is 4.87. The molecule has 0 saturated heterocycles. The Morgan fingerprint density at radius 2 is 2.04 bits per heavy atom. The molecule has 7 nitrogen and oxygen atoms in total. The van der Waals surface area contributed by atoms with Gasteiger partial charge in [0, 0.05) is 11.1 Å². The van der Waals surface area contributed by atoms with Crippen molar-refractivity contribution >= 4 is 39.8 Å². The van der Waals surface area contributed by atoms with Gasteiger partial charge < -0.3 is 14.8 Å². The summed E-state index contributed by atoms with van der Waals surface area (Å²) in [6.45, 7) is 0.313. The van der Waals surface area contributed by atoms with Gasteiger partial charge in [0.15, 0.2) is 9.71 Å². The number of pyridine rings is 1. The van der Waals surface area contributed by atoms with Crippen molar-refractivity contribution in [2.75, 3.05) is 0 Å². The third kappa shape index (κ3) is 3.35. The molecule has 0 unspecified atom stereocenters. The van der Waals surface area contributed by atoms with Crippen LogP contribution in [0.2, 0.25) is 0 Å². The van der Waals surface area contributed by atoms with Gasteiger partial charge in [-0.15, -0.1) is 0 Å². The molecule has 0 spiro atoms. The Morgan fingerprint density at radius 3 is 2.77 bits per heavy atom. The van der Waals surface area contributed by atoms with Crippen LogP contribution in [-0.2, 0) is 6.54 Å². The number of hydrogen-bond donors (Lipinski definition) is 3. The molecule has 1 amide bonds. The van der Waals surface area contributed by atoms with Crippen LogP contribution in [0.5, 0.6) is 0 Å². The van der Waals surface area contributed by atoms with Crippen molar-refractivity contribution < 1.29 is 9.32 Å². The van der Waals surface area contributed by atoms with Crippen molar-refractivity contribution in [3.05, 3.63) is 68.0 Å². The van der Waals surface area contributed by atoms with E-state index in [-0.39, 0.29) is 11.5 Å². The van der Waals surface area contributed by atoms with E-state index in [0.29, 0.717) is 27.4 Å². The van der Waals surface area contributed by atoms with Crippen molar-refractivity contribution in [1.29, 1.82) is 0 Å². The number of H-pyrrole nitrogens is 2. The summed E-state index contributed by atoms with van der Waals surface area (Å²) < 4.78 is 5.71. The van der Waals surface area contributed by atoms with Crippen molar-refractivity contribution in [3.8, 4) is 11.3 Å². The Kier molecular flexibility index (Phi) is 4.23. The number of aromatic amines is 2. The van der Waals surface area contributed by atoms with Gasteiger partial charge in [-0.2, -0.15) is 5.16 Å². The predicted molar refractivity (Wildman–Crippen MR) is 101 cm³/mol. The highest BCUT2D eigenvalue weighted by Gasteiger charge is 2.09. The normalized spacial score (nSPS) is 10.9. The molecule has 3 N–H and O–H groups in total. The van der Waals surface area contributed by atoms with Gasteiger partial charge in [-0.3, -0.25) is 9.59 Å². The van der Waals surface area contributed by atoms with Crippen LogP contribution in [0.15, 0.2) is 51.8 Å². The Bertz CT molecular complexity index is 1200. The van der Waals surface area contributed by atoms with E-state index in [1.54, 1.807) is 24.3 Å². The number of thiazole rings is 1. The van der Waals surface area contributed by atoms with E-state index in [2.05, 4.69) is 20.4 Å². The molecule has 3 heterocycles. The van der Waals surface area contributed by atoms with Gasteiger partial charge in [0.1, 0.15) is 4.83 Å². The van der Waals surface area contributed by atoms with Gasteiger partial charge >= 0.3 is 0 Å². The first-order chi connectivity index (χ1) is 12.6. The van der Waals surface area contributed by atoms with E-state index in [9.17, 15) is 9.59 Å². The predicted octanol–water partition coefficient (Wildman–Crippen LogP) is 3.23. The fourth-order valence-corrected chi connectivity index (χ4v) is 3.53. The van der Waals surface area contributed by atoms with Crippen LogP contribution in [0.25, 0.3) is 21.7 Å². The van der Waals surface area contributed by atoms with E-state index in [4.69, 9.17) is 16.7 Å². The molecule has 130 valence electrons. The topological polar surface area (TPSA) is 104 Å². The Morgan fingerprint density at radius 1 is 1.23 bits per heavy atom. The second-order valence-corrected chi connectivity index (χ2v) is 7.17. The molecule has 0 atom stereocenters. The van der Waals surface area contributed by atoms with Crippen molar-refractivity contribution in [3.63, 3.8) is 0 Å². The molecule has 0 aliphatic rings. The van der Waals surface area contributed by atoms with Crippen LogP contribution in [0.4, 0.5) is 0 Å². The molecule has 4 aromatic rings. The summed E-state index contributed by atoms with van der Waals surface area (Å²) in [5.74, 6) is 0.212. The van der Waals surface area contributed by atoms with Gasteiger partial charge in [0.2, 0.25) is 0 Å². The number of rotatable bonds is 4. The first-order valence-electron chi connectivity index (χ1n) is 7.64. The summed E-state index contributed by atoms with van der Waals surface area (Å²) in [5.41, 5.74) is 2.55. The lowest BCUT2D eigenvalue weighted by Crippen LogP contribution is -2.23. The number of benzene rings is 1. The maximum Gasteiger partial charge on any atom is 0.280 e. The maximum atomic E-state index is 12.3. The van der Waals surface area contributed by atoms with Crippen LogP contribution in [0, 0.1) is 3.95 Å². The molecule has 4 rings (SSSR count). The SMILES string of the molecule is O=C(NCc1ccc2[nH]c(=S)sc2n1)c1ccc(-c2cc(=O)[nH]o2)cc1. The van der Waals surface area contributed by atoms with Crippen LogP contribution in [0.3, 0.4) is 0 Å². The highest BCUT2D eigenvalue weighted by atomic mass is 32.1. The second-order valence-electron chi connectivity index (χ2n) is 5.51. The summed E-state index contributed by atoms with van der Waals surface area (Å²) in [4.78, 5) is 31.8. The summed E-state index contributed by atoms with van der Waals surface area (Å²) in [5, 5.41) is 5.07. The molecule has 1 aromatic carbocycles. The van der Waals surface area contributed by atoms with Gasteiger partial charge in [0.05, 0.1) is 23.8 Å². The quantitative estimate of drug-likeness (QED) is 0.469. The smallest absolute Gasteiger partial charge is 0.280 e. The fraction of sp³-hybridized carbons (Fsp3) is 0.0588. The standard InChI is InChI=1S/C17H12N4O3S2/c22-14-7-13(24-21-14)9-1-3-10(4-2-9)15(23)18-8-11-5-6-12-16(19-11)26-17(25)20-12/h1-7H,8H2,(H,18,23)(H,20,25)(H,21,22). The number of nitrogens with one attached hydrogen (secondary N) is 3. The van der Waals surface area contributed by atoms with Crippen molar-refractivity contribution in [2.24, 2.45) is 0 Å². The number of carbonyl (C=O) groups is 1. The number of hydrogen-bond acceptors (Lipinski definition) is 6. The molecule has 0 fully saturated rings. The molecular weight excluding hydrogens is 372 g/mol. The second kappa shape index (κ2) is 6.70. The number of fused-ring (bicyclic) bond motifs is 1. The summed E-state index contributed by atoms with van der Waals surface area (Å²) >= 11 is 6.50. The first kappa shape index (κ1) is 16.4. The lowest BCUT2D eigenvalue weighted by molar-refractivity contribution is 0.0950. The van der Waals surface area contributed by atoms with E-state index in [1.807, 2.05) is 12.1 Å². The number of carbonyl (C=O) groups excluding carboxylic acids is 1. The van der Waals surface area contributed by atoms with Crippen molar-refractivity contribution in [1.82, 2.24) is 20.4 Å². The van der Waals surface area contributed by atoms with Crippen LogP contribution >= 0.6 is 23.6 Å². The monoisotopic (exact) mass is 384 g/mol. The minimum atomic E-state index is -0.308. The summed E-state index contributed by atoms with van der Waals surface area (Å²) in [6.07, 6.45) is 0. The Balaban J connectivity index is 1.45. The van der Waals surface area contributed by atoms with E-state index >= 15 is 0 Å². The average molecular weight is 384 g/mol. The van der Waals surface area contributed by atoms with Crippen LogP contribution in [0.1, 0.15) is 16.1 Å². The largest absolute Gasteiger partial charge is 0.378 e. The van der Waals surface area contributed by atoms with Crippen molar-refractivity contribution in [2.45, 2.75) is 6.54 Å². The van der Waals surface area contributed by atoms with E-state index in [1.165, 1.54) is 17.4 Å². The number of aromatic nitrogens is 3.